The number of Topliss-reactive ketones (excluding diaryl/α,β-unsaturated/α-hetero) is 1. The van der Waals surface area contributed by atoms with E-state index in [0.717, 1.165) is 16.9 Å². The first-order valence-corrected chi connectivity index (χ1v) is 4.86. The predicted octanol–water partition coefficient (Wildman–Crippen LogP) is 1.83. The van der Waals surface area contributed by atoms with Gasteiger partial charge in [0.05, 0.1) is 0 Å². The van der Waals surface area contributed by atoms with Gasteiger partial charge in [-0.25, -0.2) is 0 Å². The Morgan fingerprint density at radius 2 is 1.92 bits per heavy atom. The monoisotopic (exact) mass is 176 g/mol. The number of carbonyl (C=O) groups is 1. The van der Waals surface area contributed by atoms with Crippen LogP contribution in [-0.2, 0) is 9.53 Å². The summed E-state index contributed by atoms with van der Waals surface area (Å²) in [5.74, 6) is 2.08. The zero-order chi connectivity index (χ0) is 9.00. The van der Waals surface area contributed by atoms with Gasteiger partial charge in [-0.1, -0.05) is 6.58 Å². The lowest BCUT2D eigenvalue weighted by atomic mass is 9.87. The maximum absolute atomic E-state index is 11.6. The SMILES string of the molecule is C=C1OCC(=O)C2=C1C1CCC2C1. The van der Waals surface area contributed by atoms with Gasteiger partial charge in [0.25, 0.3) is 0 Å². The van der Waals surface area contributed by atoms with Crippen molar-refractivity contribution in [3.05, 3.63) is 23.5 Å². The van der Waals surface area contributed by atoms with Crippen molar-refractivity contribution < 1.29 is 9.53 Å². The highest BCUT2D eigenvalue weighted by molar-refractivity contribution is 6.00. The minimum atomic E-state index is 0.203. The van der Waals surface area contributed by atoms with Gasteiger partial charge in [0, 0.05) is 11.1 Å². The van der Waals surface area contributed by atoms with Crippen LogP contribution in [0.2, 0.25) is 0 Å². The average molecular weight is 176 g/mol. The maximum atomic E-state index is 11.6. The number of allylic oxidation sites excluding steroid dienone is 1. The Labute approximate surface area is 77.3 Å². The van der Waals surface area contributed by atoms with Gasteiger partial charge in [-0.05, 0) is 31.1 Å². The van der Waals surface area contributed by atoms with E-state index in [9.17, 15) is 4.79 Å². The van der Waals surface area contributed by atoms with Crippen LogP contribution in [0.25, 0.3) is 0 Å². The first-order valence-electron chi connectivity index (χ1n) is 4.86. The Kier molecular flexibility index (Phi) is 1.27. The van der Waals surface area contributed by atoms with E-state index in [1.165, 1.54) is 19.3 Å². The highest BCUT2D eigenvalue weighted by Crippen LogP contribution is 2.52. The summed E-state index contributed by atoms with van der Waals surface area (Å²) in [6.45, 7) is 4.10. The van der Waals surface area contributed by atoms with Crippen molar-refractivity contribution in [1.82, 2.24) is 0 Å². The smallest absolute Gasteiger partial charge is 0.196 e. The lowest BCUT2D eigenvalue weighted by Crippen LogP contribution is -2.23. The molecule has 1 fully saturated rings. The first kappa shape index (κ1) is 7.36. The fourth-order valence-electron chi connectivity index (χ4n) is 3.01. The third-order valence-electron chi connectivity index (χ3n) is 3.52. The second-order valence-electron chi connectivity index (χ2n) is 4.17. The molecular weight excluding hydrogens is 164 g/mol. The molecule has 2 unspecified atom stereocenters. The molecule has 0 N–H and O–H groups in total. The van der Waals surface area contributed by atoms with E-state index in [1.54, 1.807) is 0 Å². The van der Waals surface area contributed by atoms with Gasteiger partial charge in [-0.15, -0.1) is 0 Å². The molecule has 1 saturated carbocycles. The quantitative estimate of drug-likeness (QED) is 0.562. The molecule has 3 rings (SSSR count). The van der Waals surface area contributed by atoms with Crippen molar-refractivity contribution in [3.63, 3.8) is 0 Å². The molecule has 2 atom stereocenters. The molecule has 2 nitrogen and oxygen atoms in total. The van der Waals surface area contributed by atoms with Gasteiger partial charge in [0.15, 0.2) is 12.4 Å². The van der Waals surface area contributed by atoms with Crippen molar-refractivity contribution in [2.45, 2.75) is 19.3 Å². The fraction of sp³-hybridized carbons (Fsp3) is 0.545. The molecule has 1 heterocycles. The van der Waals surface area contributed by atoms with Gasteiger partial charge >= 0.3 is 0 Å². The Morgan fingerprint density at radius 3 is 2.62 bits per heavy atom. The molecule has 2 bridgehead atoms. The summed E-state index contributed by atoms with van der Waals surface area (Å²) in [4.78, 5) is 11.6. The van der Waals surface area contributed by atoms with Crippen LogP contribution in [0.5, 0.6) is 0 Å². The molecule has 0 amide bonds. The van der Waals surface area contributed by atoms with Crippen LogP contribution in [0.15, 0.2) is 23.5 Å². The molecule has 0 aromatic rings. The molecule has 0 aromatic carbocycles. The van der Waals surface area contributed by atoms with Crippen molar-refractivity contribution in [2.75, 3.05) is 6.61 Å². The van der Waals surface area contributed by atoms with Crippen LogP contribution >= 0.6 is 0 Å². The lowest BCUT2D eigenvalue weighted by Gasteiger charge is -2.25. The van der Waals surface area contributed by atoms with Crippen molar-refractivity contribution >= 4 is 5.78 Å². The van der Waals surface area contributed by atoms with Crippen molar-refractivity contribution in [2.24, 2.45) is 11.8 Å². The van der Waals surface area contributed by atoms with Crippen LogP contribution in [-0.4, -0.2) is 12.4 Å². The third-order valence-corrected chi connectivity index (χ3v) is 3.52. The molecule has 0 saturated heterocycles. The second kappa shape index (κ2) is 2.25. The average Bonchev–Trinajstić information content (AvgIpc) is 2.70. The van der Waals surface area contributed by atoms with E-state index < -0.39 is 0 Å². The minimum absolute atomic E-state index is 0.203. The van der Waals surface area contributed by atoms with E-state index in [1.807, 2.05) is 0 Å². The van der Waals surface area contributed by atoms with Crippen LogP contribution < -0.4 is 0 Å². The van der Waals surface area contributed by atoms with E-state index in [0.29, 0.717) is 11.8 Å². The zero-order valence-corrected chi connectivity index (χ0v) is 7.51. The van der Waals surface area contributed by atoms with E-state index in [2.05, 4.69) is 6.58 Å². The number of ketones is 1. The number of ether oxygens (including phenoxy) is 1. The largest absolute Gasteiger partial charge is 0.486 e. The summed E-state index contributed by atoms with van der Waals surface area (Å²) in [6.07, 6.45) is 3.58. The van der Waals surface area contributed by atoms with Crippen LogP contribution in [0, 0.1) is 11.8 Å². The maximum Gasteiger partial charge on any atom is 0.196 e. The standard InChI is InChI=1S/C11H12O2/c1-6-10-7-2-3-8(4-7)11(10)9(12)5-13-6/h7-8H,1-5H2. The van der Waals surface area contributed by atoms with Gasteiger partial charge in [0.2, 0.25) is 0 Å². The molecule has 1 aliphatic heterocycles. The van der Waals surface area contributed by atoms with Gasteiger partial charge in [-0.3, -0.25) is 4.79 Å². The predicted molar refractivity (Wildman–Crippen MR) is 48.0 cm³/mol. The number of fused-ring (bicyclic) bond motifs is 4. The number of hydrogen-bond donors (Lipinski definition) is 0. The lowest BCUT2D eigenvalue weighted by molar-refractivity contribution is -0.120. The normalized spacial score (nSPS) is 36.6. The minimum Gasteiger partial charge on any atom is -0.486 e. The first-order chi connectivity index (χ1) is 6.27. The number of rotatable bonds is 0. The van der Waals surface area contributed by atoms with E-state index in [4.69, 9.17) is 4.74 Å². The molecule has 2 aliphatic carbocycles. The number of carbonyl (C=O) groups excluding carboxylic acids is 1. The van der Waals surface area contributed by atoms with Gasteiger partial charge in [0.1, 0.15) is 5.76 Å². The molecule has 13 heavy (non-hydrogen) atoms. The summed E-state index contributed by atoms with van der Waals surface area (Å²) in [6, 6.07) is 0. The summed E-state index contributed by atoms with van der Waals surface area (Å²) < 4.78 is 5.25. The topological polar surface area (TPSA) is 26.3 Å². The second-order valence-corrected chi connectivity index (χ2v) is 4.17. The highest BCUT2D eigenvalue weighted by atomic mass is 16.5. The molecule has 2 heteroatoms. The summed E-state index contributed by atoms with van der Waals surface area (Å²) in [7, 11) is 0. The fourth-order valence-corrected chi connectivity index (χ4v) is 3.01. The Hall–Kier alpha value is -1.05. The summed E-state index contributed by atoms with van der Waals surface area (Å²) in [5, 5.41) is 0. The molecule has 3 aliphatic rings. The zero-order valence-electron chi connectivity index (χ0n) is 7.51. The van der Waals surface area contributed by atoms with Gasteiger partial charge in [-0.2, -0.15) is 0 Å². The Bertz CT molecular complexity index is 306. The summed E-state index contributed by atoms with van der Waals surface area (Å²) in [5.41, 5.74) is 2.22. The van der Waals surface area contributed by atoms with Gasteiger partial charge < -0.3 is 4.74 Å². The van der Waals surface area contributed by atoms with E-state index >= 15 is 0 Å². The Morgan fingerprint density at radius 1 is 1.23 bits per heavy atom. The van der Waals surface area contributed by atoms with Crippen molar-refractivity contribution in [3.8, 4) is 0 Å². The molecule has 68 valence electrons. The third kappa shape index (κ3) is 0.808. The molecule has 0 radical (unpaired) electrons. The van der Waals surface area contributed by atoms with Crippen LogP contribution in [0.1, 0.15) is 19.3 Å². The van der Waals surface area contributed by atoms with Crippen LogP contribution in [0.3, 0.4) is 0 Å². The van der Waals surface area contributed by atoms with Crippen LogP contribution in [0.4, 0.5) is 0 Å². The van der Waals surface area contributed by atoms with Crippen molar-refractivity contribution in [1.29, 1.82) is 0 Å². The number of hydrogen-bond acceptors (Lipinski definition) is 2. The summed E-state index contributed by atoms with van der Waals surface area (Å²) >= 11 is 0. The molecule has 0 spiro atoms. The van der Waals surface area contributed by atoms with E-state index in [-0.39, 0.29) is 12.4 Å². The molecular formula is C11H12O2. The highest BCUT2D eigenvalue weighted by Gasteiger charge is 2.44. The molecule has 0 aromatic heterocycles. The Balaban J connectivity index is 2.15.